The van der Waals surface area contributed by atoms with Crippen LogP contribution in [-0.2, 0) is 4.79 Å². The highest BCUT2D eigenvalue weighted by Gasteiger charge is 2.41. The van der Waals surface area contributed by atoms with Gasteiger partial charge in [0.25, 0.3) is 5.89 Å². The first-order valence-corrected chi connectivity index (χ1v) is 8.79. The predicted octanol–water partition coefficient (Wildman–Crippen LogP) is 2.32. The van der Waals surface area contributed by atoms with Crippen LogP contribution >= 0.6 is 0 Å². The molecule has 1 aromatic carbocycles. The molecule has 2 bridgehead atoms. The van der Waals surface area contributed by atoms with E-state index in [-0.39, 0.29) is 28.9 Å². The minimum absolute atomic E-state index is 0.0486. The van der Waals surface area contributed by atoms with Gasteiger partial charge in [-0.2, -0.15) is 13.2 Å². The van der Waals surface area contributed by atoms with Gasteiger partial charge < -0.3 is 20.4 Å². The molecule has 3 unspecified atom stereocenters. The van der Waals surface area contributed by atoms with Crippen LogP contribution in [0, 0.1) is 5.92 Å². The molecular formula is C18H17F3N4O3. The Morgan fingerprint density at radius 1 is 1.21 bits per heavy atom. The van der Waals surface area contributed by atoms with E-state index in [1.54, 1.807) is 11.4 Å². The normalized spacial score (nSPS) is 23.6. The number of carbonyl (C=O) groups is 2. The number of rotatable bonds is 4. The number of carbonyl (C=O) groups excluding carboxylic acids is 2. The summed E-state index contributed by atoms with van der Waals surface area (Å²) in [5, 5.41) is 8.06. The van der Waals surface area contributed by atoms with E-state index in [0.29, 0.717) is 12.0 Å². The Balaban J connectivity index is 1.50. The van der Waals surface area contributed by atoms with Gasteiger partial charge in [0.1, 0.15) is 0 Å². The molecule has 1 aromatic heterocycles. The minimum Gasteiger partial charge on any atom is -0.432 e. The van der Waals surface area contributed by atoms with Crippen LogP contribution in [0.25, 0.3) is 11.3 Å². The average Bonchev–Trinajstić information content (AvgIpc) is 3.38. The van der Waals surface area contributed by atoms with Crippen molar-refractivity contribution < 1.29 is 27.2 Å². The first kappa shape index (κ1) is 18.5. The quantitative estimate of drug-likeness (QED) is 0.740. The maximum Gasteiger partial charge on any atom is 0.471 e. The lowest BCUT2D eigenvalue weighted by atomic mass is 10.0. The summed E-state index contributed by atoms with van der Waals surface area (Å²) in [7, 11) is 0. The van der Waals surface area contributed by atoms with Gasteiger partial charge in [0, 0.05) is 24.2 Å². The third-order valence-corrected chi connectivity index (χ3v) is 5.08. The number of anilines is 1. The van der Waals surface area contributed by atoms with Crippen molar-refractivity contribution in [1.29, 1.82) is 0 Å². The Morgan fingerprint density at radius 2 is 2.00 bits per heavy atom. The van der Waals surface area contributed by atoms with Gasteiger partial charge in [-0.1, -0.05) is 12.1 Å². The van der Waals surface area contributed by atoms with Crippen LogP contribution in [0.3, 0.4) is 0 Å². The molecule has 28 heavy (non-hydrogen) atoms. The fourth-order valence-corrected chi connectivity index (χ4v) is 3.75. The lowest BCUT2D eigenvalue weighted by Gasteiger charge is -2.22. The van der Waals surface area contributed by atoms with Crippen molar-refractivity contribution >= 4 is 17.5 Å². The van der Waals surface area contributed by atoms with Crippen LogP contribution in [-0.4, -0.2) is 41.6 Å². The third-order valence-electron chi connectivity index (χ3n) is 5.08. The monoisotopic (exact) mass is 394 g/mol. The van der Waals surface area contributed by atoms with E-state index < -0.39 is 18.0 Å². The van der Waals surface area contributed by atoms with E-state index in [1.807, 2.05) is 0 Å². The summed E-state index contributed by atoms with van der Waals surface area (Å²) in [6, 6.07) is 6.29. The summed E-state index contributed by atoms with van der Waals surface area (Å²) in [6.07, 6.45) is -1.91. The van der Waals surface area contributed by atoms with E-state index in [9.17, 15) is 22.8 Å². The van der Waals surface area contributed by atoms with Gasteiger partial charge in [-0.15, -0.1) is 0 Å². The van der Waals surface area contributed by atoms with Gasteiger partial charge in [-0.3, -0.25) is 9.59 Å². The molecule has 3 N–H and O–H groups in total. The van der Waals surface area contributed by atoms with Crippen molar-refractivity contribution in [3.8, 4) is 11.3 Å². The summed E-state index contributed by atoms with van der Waals surface area (Å²) < 4.78 is 43.1. The second-order valence-corrected chi connectivity index (χ2v) is 6.94. The number of oxazole rings is 1. The van der Waals surface area contributed by atoms with Crippen molar-refractivity contribution in [2.45, 2.75) is 31.1 Å². The summed E-state index contributed by atoms with van der Waals surface area (Å²) >= 11 is 0. The first-order chi connectivity index (χ1) is 13.3. The number of aromatic nitrogens is 1. The molecule has 0 spiro atoms. The van der Waals surface area contributed by atoms with Gasteiger partial charge in [0.05, 0.1) is 11.9 Å². The second kappa shape index (κ2) is 6.93. The zero-order valence-corrected chi connectivity index (χ0v) is 14.5. The predicted molar refractivity (Wildman–Crippen MR) is 92.4 cm³/mol. The molecular weight excluding hydrogens is 377 g/mol. The highest BCUT2D eigenvalue weighted by Crippen LogP contribution is 2.32. The molecule has 0 radical (unpaired) electrons. The number of benzene rings is 1. The Labute approximate surface area is 157 Å². The lowest BCUT2D eigenvalue weighted by Crippen LogP contribution is -2.44. The molecule has 10 heteroatoms. The Morgan fingerprint density at radius 3 is 2.68 bits per heavy atom. The topological polar surface area (TPSA) is 96.3 Å². The largest absolute Gasteiger partial charge is 0.471 e. The van der Waals surface area contributed by atoms with Crippen molar-refractivity contribution in [3.05, 3.63) is 36.4 Å². The number of nitrogens with zero attached hydrogens (tertiary/aromatic N) is 1. The van der Waals surface area contributed by atoms with E-state index in [4.69, 9.17) is 4.42 Å². The van der Waals surface area contributed by atoms with Crippen LogP contribution < -0.4 is 16.0 Å². The van der Waals surface area contributed by atoms with Crippen molar-refractivity contribution in [1.82, 2.24) is 15.6 Å². The molecule has 2 fully saturated rings. The molecule has 3 atom stereocenters. The number of amides is 2. The van der Waals surface area contributed by atoms with E-state index in [2.05, 4.69) is 15.6 Å². The fraction of sp³-hybridized carbons (Fsp3) is 0.389. The lowest BCUT2D eigenvalue weighted by molar-refractivity contribution is -0.167. The Hall–Kier alpha value is -2.88. The molecule has 1 saturated carbocycles. The number of alkyl halides is 3. The smallest absolute Gasteiger partial charge is 0.432 e. The highest BCUT2D eigenvalue weighted by atomic mass is 19.4. The average molecular weight is 394 g/mol. The first-order valence-electron chi connectivity index (χ1n) is 8.79. The second-order valence-electron chi connectivity index (χ2n) is 6.94. The van der Waals surface area contributed by atoms with Crippen molar-refractivity contribution in [2.24, 2.45) is 5.92 Å². The minimum atomic E-state index is -5.02. The molecule has 7 nitrogen and oxygen atoms in total. The van der Waals surface area contributed by atoms with Crippen molar-refractivity contribution in [3.63, 3.8) is 0 Å². The number of hydrogen-bond acceptors (Lipinski definition) is 5. The SMILES string of the molecule is O=C(NC1CC2CC1CN2)c1ncc(-c2ccccc2NC(=O)C(F)(F)F)o1. The molecule has 2 aliphatic rings. The van der Waals surface area contributed by atoms with Crippen LogP contribution in [0.1, 0.15) is 23.5 Å². The fourth-order valence-electron chi connectivity index (χ4n) is 3.75. The number of hydrogen-bond donors (Lipinski definition) is 3. The zero-order valence-electron chi connectivity index (χ0n) is 14.5. The van der Waals surface area contributed by atoms with Gasteiger partial charge in [0.2, 0.25) is 0 Å². The molecule has 2 amide bonds. The molecule has 2 aromatic rings. The van der Waals surface area contributed by atoms with Crippen LogP contribution in [0.5, 0.6) is 0 Å². The number of fused-ring (bicyclic) bond motifs is 2. The van der Waals surface area contributed by atoms with Gasteiger partial charge in [-0.25, -0.2) is 4.98 Å². The van der Waals surface area contributed by atoms with Crippen LogP contribution in [0.4, 0.5) is 18.9 Å². The molecule has 1 saturated heterocycles. The zero-order chi connectivity index (χ0) is 19.9. The molecule has 4 rings (SSSR count). The van der Waals surface area contributed by atoms with Gasteiger partial charge >= 0.3 is 18.0 Å². The molecule has 2 heterocycles. The summed E-state index contributed by atoms with van der Waals surface area (Å²) in [5.74, 6) is -2.29. The maximum absolute atomic E-state index is 12.5. The summed E-state index contributed by atoms with van der Waals surface area (Å²) in [4.78, 5) is 27.6. The Bertz CT molecular complexity index is 911. The van der Waals surface area contributed by atoms with Crippen molar-refractivity contribution in [2.75, 3.05) is 11.9 Å². The number of nitrogens with one attached hydrogen (secondary N) is 3. The van der Waals surface area contributed by atoms with Crippen LogP contribution in [0.2, 0.25) is 0 Å². The maximum atomic E-state index is 12.5. The summed E-state index contributed by atoms with van der Waals surface area (Å²) in [6.45, 7) is 0.860. The van der Waals surface area contributed by atoms with E-state index in [1.165, 1.54) is 24.4 Å². The van der Waals surface area contributed by atoms with E-state index >= 15 is 0 Å². The molecule has 148 valence electrons. The molecule has 1 aliphatic carbocycles. The molecule has 1 aliphatic heterocycles. The third kappa shape index (κ3) is 3.59. The standard InChI is InChI=1S/C18H17F3N4O3/c19-18(20,21)17(27)25-12-4-2-1-3-11(12)14-8-23-16(28-14)15(26)24-13-6-10-5-9(13)7-22-10/h1-4,8-10,13,22H,5-7H2,(H,24,26)(H,25,27). The number of halogens is 3. The number of piperidine rings is 1. The highest BCUT2D eigenvalue weighted by molar-refractivity contribution is 5.98. The van der Waals surface area contributed by atoms with Crippen LogP contribution in [0.15, 0.2) is 34.9 Å². The van der Waals surface area contributed by atoms with Gasteiger partial charge in [-0.05, 0) is 30.9 Å². The van der Waals surface area contributed by atoms with E-state index in [0.717, 1.165) is 19.4 Å². The van der Waals surface area contributed by atoms with Gasteiger partial charge in [0.15, 0.2) is 5.76 Å². The number of para-hydroxylation sites is 1. The Kier molecular flexibility index (Phi) is 4.58. The summed E-state index contributed by atoms with van der Waals surface area (Å²) in [5.41, 5.74) is 0.0999.